The fraction of sp³-hybridized carbons (Fsp3) is 0.429. The molecule has 0 radical (unpaired) electrons. The zero-order chi connectivity index (χ0) is 15.2. The molecule has 7 heteroatoms. The number of likely N-dealkylation sites (tertiary alicyclic amines) is 1. The number of rotatable bonds is 6. The lowest BCUT2D eigenvalue weighted by molar-refractivity contribution is -0.136. The van der Waals surface area contributed by atoms with Crippen LogP contribution in [0.15, 0.2) is 24.4 Å². The molecule has 0 aliphatic carbocycles. The maximum Gasteiger partial charge on any atom is 0.237 e. The van der Waals surface area contributed by atoms with Crippen LogP contribution in [0.2, 0.25) is 0 Å². The average Bonchev–Trinajstić information content (AvgIpc) is 2.79. The predicted molar refractivity (Wildman–Crippen MR) is 74.6 cm³/mol. The number of amides is 3. The lowest BCUT2D eigenvalue weighted by Crippen LogP contribution is -2.36. The van der Waals surface area contributed by atoms with E-state index in [4.69, 9.17) is 5.73 Å². The maximum atomic E-state index is 12.0. The Morgan fingerprint density at radius 3 is 2.90 bits per heavy atom. The van der Waals surface area contributed by atoms with Crippen LogP contribution in [-0.2, 0) is 20.9 Å². The van der Waals surface area contributed by atoms with Crippen LogP contribution in [-0.4, -0.2) is 40.7 Å². The lowest BCUT2D eigenvalue weighted by atomic mass is 10.0. The molecule has 0 bridgehead atoms. The van der Waals surface area contributed by atoms with E-state index >= 15 is 0 Å². The van der Waals surface area contributed by atoms with Gasteiger partial charge < -0.3 is 16.0 Å². The summed E-state index contributed by atoms with van der Waals surface area (Å²) in [5, 5.41) is 2.74. The molecule has 1 aliphatic rings. The van der Waals surface area contributed by atoms with E-state index in [0.717, 1.165) is 5.69 Å². The van der Waals surface area contributed by atoms with Gasteiger partial charge in [0.1, 0.15) is 0 Å². The van der Waals surface area contributed by atoms with Gasteiger partial charge in [-0.2, -0.15) is 0 Å². The fourth-order valence-corrected chi connectivity index (χ4v) is 2.33. The zero-order valence-corrected chi connectivity index (χ0v) is 11.6. The van der Waals surface area contributed by atoms with Crippen molar-refractivity contribution in [3.05, 3.63) is 30.1 Å². The number of carbonyl (C=O) groups is 3. The molecule has 1 aromatic heterocycles. The number of pyridine rings is 1. The molecule has 112 valence electrons. The molecule has 2 heterocycles. The van der Waals surface area contributed by atoms with E-state index in [1.165, 1.54) is 4.90 Å². The van der Waals surface area contributed by atoms with E-state index in [-0.39, 0.29) is 30.7 Å². The van der Waals surface area contributed by atoms with Crippen molar-refractivity contribution in [2.45, 2.75) is 19.4 Å². The van der Waals surface area contributed by atoms with Crippen LogP contribution < -0.4 is 11.1 Å². The van der Waals surface area contributed by atoms with Crippen molar-refractivity contribution in [3.63, 3.8) is 0 Å². The molecule has 2 rings (SSSR count). The van der Waals surface area contributed by atoms with E-state index in [9.17, 15) is 14.4 Å². The fourth-order valence-electron chi connectivity index (χ4n) is 2.33. The Balaban J connectivity index is 1.78. The summed E-state index contributed by atoms with van der Waals surface area (Å²) in [4.78, 5) is 40.2. The second-order valence-corrected chi connectivity index (χ2v) is 5.01. The number of nitrogens with one attached hydrogen (secondary N) is 1. The second-order valence-electron chi connectivity index (χ2n) is 5.01. The van der Waals surface area contributed by atoms with Gasteiger partial charge in [-0.25, -0.2) is 0 Å². The van der Waals surface area contributed by atoms with Crippen LogP contribution in [0.25, 0.3) is 0 Å². The molecule has 1 aliphatic heterocycles. The molecule has 1 aromatic rings. The minimum atomic E-state index is -0.538. The van der Waals surface area contributed by atoms with Crippen LogP contribution in [0, 0.1) is 5.92 Å². The summed E-state index contributed by atoms with van der Waals surface area (Å²) in [5.74, 6) is -1.28. The minimum absolute atomic E-state index is 0.0785. The summed E-state index contributed by atoms with van der Waals surface area (Å²) in [6, 6.07) is 5.46. The number of hydrogen-bond acceptors (Lipinski definition) is 4. The van der Waals surface area contributed by atoms with Crippen molar-refractivity contribution in [3.8, 4) is 0 Å². The van der Waals surface area contributed by atoms with Crippen molar-refractivity contribution in [2.24, 2.45) is 11.7 Å². The van der Waals surface area contributed by atoms with Crippen LogP contribution in [0.1, 0.15) is 18.5 Å². The van der Waals surface area contributed by atoms with Gasteiger partial charge in [0.05, 0.1) is 18.8 Å². The van der Waals surface area contributed by atoms with Crippen molar-refractivity contribution in [1.82, 2.24) is 15.2 Å². The molecule has 21 heavy (non-hydrogen) atoms. The number of nitrogens with two attached hydrogens (primary N) is 1. The Morgan fingerprint density at radius 1 is 1.43 bits per heavy atom. The Morgan fingerprint density at radius 2 is 2.24 bits per heavy atom. The Hall–Kier alpha value is -2.44. The normalized spacial score (nSPS) is 17.8. The van der Waals surface area contributed by atoms with Crippen LogP contribution >= 0.6 is 0 Å². The number of hydrogen-bond donors (Lipinski definition) is 2. The summed E-state index contributed by atoms with van der Waals surface area (Å²) in [7, 11) is 0. The van der Waals surface area contributed by atoms with Gasteiger partial charge >= 0.3 is 0 Å². The molecule has 0 spiro atoms. The Bertz CT molecular complexity index is 532. The van der Waals surface area contributed by atoms with Crippen molar-refractivity contribution >= 4 is 17.7 Å². The summed E-state index contributed by atoms with van der Waals surface area (Å²) >= 11 is 0. The summed E-state index contributed by atoms with van der Waals surface area (Å²) in [6.45, 7) is 0.733. The van der Waals surface area contributed by atoms with Gasteiger partial charge in [-0.3, -0.25) is 19.4 Å². The van der Waals surface area contributed by atoms with E-state index < -0.39 is 5.91 Å². The van der Waals surface area contributed by atoms with Crippen molar-refractivity contribution in [1.29, 1.82) is 0 Å². The first-order valence-corrected chi connectivity index (χ1v) is 6.80. The van der Waals surface area contributed by atoms with Crippen molar-refractivity contribution in [2.75, 3.05) is 13.1 Å². The zero-order valence-electron chi connectivity index (χ0n) is 11.6. The molecule has 3 N–H and O–H groups in total. The van der Waals surface area contributed by atoms with Gasteiger partial charge in [-0.15, -0.1) is 0 Å². The van der Waals surface area contributed by atoms with E-state index in [1.54, 1.807) is 12.3 Å². The third-order valence-electron chi connectivity index (χ3n) is 3.38. The maximum absolute atomic E-state index is 12.0. The van der Waals surface area contributed by atoms with E-state index in [1.807, 2.05) is 12.1 Å². The highest BCUT2D eigenvalue weighted by atomic mass is 16.2. The molecule has 0 aromatic carbocycles. The number of nitrogens with zero attached hydrogens (tertiary/aromatic N) is 2. The molecule has 1 atom stereocenters. The highest BCUT2D eigenvalue weighted by Gasteiger charge is 2.33. The number of carbonyl (C=O) groups excluding carboxylic acids is 3. The largest absolute Gasteiger partial charge is 0.368 e. The van der Waals surface area contributed by atoms with Gasteiger partial charge in [0.15, 0.2) is 0 Å². The highest BCUT2D eigenvalue weighted by Crippen LogP contribution is 2.20. The van der Waals surface area contributed by atoms with Crippen LogP contribution in [0.5, 0.6) is 0 Å². The molecule has 1 unspecified atom stereocenters. The summed E-state index contributed by atoms with van der Waals surface area (Å²) in [5.41, 5.74) is 5.84. The van der Waals surface area contributed by atoms with Gasteiger partial charge in [-0.05, 0) is 18.6 Å². The standard InChI is InChI=1S/C14H18N4O3/c15-12(19)9-18-6-4-10(14(18)21)7-13(20)17-8-11-3-1-2-5-16-11/h1-3,5,10H,4,6-9H2,(H2,15,19)(H,17,20). The summed E-state index contributed by atoms with van der Waals surface area (Å²) < 4.78 is 0. The van der Waals surface area contributed by atoms with Crippen LogP contribution in [0.4, 0.5) is 0 Å². The number of aromatic nitrogens is 1. The summed E-state index contributed by atoms with van der Waals surface area (Å²) in [6.07, 6.45) is 2.35. The van der Waals surface area contributed by atoms with E-state index in [0.29, 0.717) is 19.5 Å². The first-order valence-electron chi connectivity index (χ1n) is 6.80. The predicted octanol–water partition coefficient (Wildman–Crippen LogP) is -0.578. The third-order valence-corrected chi connectivity index (χ3v) is 3.38. The minimum Gasteiger partial charge on any atom is -0.368 e. The Labute approximate surface area is 122 Å². The smallest absolute Gasteiger partial charge is 0.237 e. The number of primary amides is 1. The molecular formula is C14H18N4O3. The monoisotopic (exact) mass is 290 g/mol. The van der Waals surface area contributed by atoms with Gasteiger partial charge in [-0.1, -0.05) is 6.07 Å². The van der Waals surface area contributed by atoms with Gasteiger partial charge in [0.25, 0.3) is 0 Å². The molecule has 7 nitrogen and oxygen atoms in total. The molecule has 1 fully saturated rings. The molecule has 3 amide bonds. The Kier molecular flexibility index (Phi) is 4.86. The lowest BCUT2D eigenvalue weighted by Gasteiger charge is -2.14. The van der Waals surface area contributed by atoms with E-state index in [2.05, 4.69) is 10.3 Å². The van der Waals surface area contributed by atoms with Gasteiger partial charge in [0.2, 0.25) is 17.7 Å². The second kappa shape index (κ2) is 6.83. The third kappa shape index (κ3) is 4.27. The molecule has 1 saturated heterocycles. The molecule has 0 saturated carbocycles. The highest BCUT2D eigenvalue weighted by molar-refractivity contribution is 5.89. The quantitative estimate of drug-likeness (QED) is 0.731. The van der Waals surface area contributed by atoms with Gasteiger partial charge in [0, 0.05) is 25.1 Å². The first kappa shape index (κ1) is 15.0. The SMILES string of the molecule is NC(=O)CN1CCC(CC(=O)NCc2ccccn2)C1=O. The van der Waals surface area contributed by atoms with Crippen molar-refractivity contribution < 1.29 is 14.4 Å². The van der Waals surface area contributed by atoms with Crippen LogP contribution in [0.3, 0.4) is 0 Å². The first-order chi connectivity index (χ1) is 10.1. The topological polar surface area (TPSA) is 105 Å². The average molecular weight is 290 g/mol. The molecular weight excluding hydrogens is 272 g/mol.